The number of aromatic nitrogens is 5. The summed E-state index contributed by atoms with van der Waals surface area (Å²) in [6, 6.07) is 9.41. The van der Waals surface area contributed by atoms with Crippen LogP contribution < -0.4 is 10.5 Å². The summed E-state index contributed by atoms with van der Waals surface area (Å²) in [5, 5.41) is 10.3. The Labute approximate surface area is 218 Å². The first-order chi connectivity index (χ1) is 17.8. The predicted molar refractivity (Wildman–Crippen MR) is 142 cm³/mol. The van der Waals surface area contributed by atoms with Gasteiger partial charge in [-0.2, -0.15) is 0 Å². The Bertz CT molecular complexity index is 1530. The Morgan fingerprint density at radius 3 is 2.62 bits per heavy atom. The van der Waals surface area contributed by atoms with E-state index in [4.69, 9.17) is 21.7 Å². The van der Waals surface area contributed by atoms with Gasteiger partial charge in [-0.1, -0.05) is 29.3 Å². The molecule has 1 N–H and O–H groups in total. The highest BCUT2D eigenvalue weighted by Crippen LogP contribution is 2.24. The van der Waals surface area contributed by atoms with Gasteiger partial charge in [0.1, 0.15) is 6.61 Å². The summed E-state index contributed by atoms with van der Waals surface area (Å²) < 4.78 is 3.38. The number of halogens is 1. The van der Waals surface area contributed by atoms with Crippen molar-refractivity contribution in [3.8, 4) is 11.3 Å². The molecule has 4 aromatic rings. The van der Waals surface area contributed by atoms with Crippen molar-refractivity contribution in [2.24, 2.45) is 7.05 Å². The number of aliphatic hydroxyl groups is 1. The molecule has 5 rings (SSSR count). The number of fused-ring (bicyclic) bond motifs is 1. The van der Waals surface area contributed by atoms with Crippen LogP contribution in [0, 0.1) is 6.92 Å². The number of nitrogens with zero attached hydrogens (tertiary/aromatic N) is 7. The molecule has 11 heteroatoms. The van der Waals surface area contributed by atoms with Crippen LogP contribution in [0.2, 0.25) is 5.02 Å². The van der Waals surface area contributed by atoms with Gasteiger partial charge in [0.15, 0.2) is 5.65 Å². The molecule has 0 spiro atoms. The summed E-state index contributed by atoms with van der Waals surface area (Å²) in [5.74, 6) is 0.299. The number of aliphatic hydroxyl groups excluding tert-OH is 1. The first kappa shape index (κ1) is 24.9. The highest BCUT2D eigenvalue weighted by Gasteiger charge is 2.28. The van der Waals surface area contributed by atoms with E-state index in [-0.39, 0.29) is 17.5 Å². The Morgan fingerprint density at radius 2 is 1.92 bits per heavy atom. The topological polar surface area (TPSA) is 109 Å². The number of piperazine rings is 1. The normalized spacial score (nSPS) is 16.0. The minimum absolute atomic E-state index is 0.0109. The van der Waals surface area contributed by atoms with Gasteiger partial charge in [-0.15, -0.1) is 0 Å². The molecule has 10 nitrogen and oxygen atoms in total. The van der Waals surface area contributed by atoms with E-state index in [1.165, 1.54) is 0 Å². The molecule has 0 aliphatic carbocycles. The highest BCUT2D eigenvalue weighted by molar-refractivity contribution is 6.31. The van der Waals surface area contributed by atoms with Crippen molar-refractivity contribution in [3.63, 3.8) is 0 Å². The maximum absolute atomic E-state index is 12.9. The van der Waals surface area contributed by atoms with Crippen LogP contribution in [0.1, 0.15) is 18.1 Å². The maximum Gasteiger partial charge on any atom is 0.275 e. The molecule has 1 aromatic carbocycles. The molecule has 1 fully saturated rings. The molecule has 3 aromatic heterocycles. The molecule has 0 saturated carbocycles. The van der Waals surface area contributed by atoms with E-state index >= 15 is 0 Å². The number of rotatable bonds is 5. The van der Waals surface area contributed by atoms with Gasteiger partial charge in [0.2, 0.25) is 11.9 Å². The lowest BCUT2D eigenvalue weighted by Crippen LogP contribution is -2.54. The molecule has 1 atom stereocenters. The third-order valence-corrected chi connectivity index (χ3v) is 7.20. The number of hydrogen-bond donors (Lipinski definition) is 1. The zero-order valence-corrected chi connectivity index (χ0v) is 21.7. The number of pyridine rings is 1. The summed E-state index contributed by atoms with van der Waals surface area (Å²) >= 11 is 6.43. The number of carbonyl (C=O) groups excluding carboxylic acids is 1. The van der Waals surface area contributed by atoms with E-state index < -0.39 is 6.61 Å². The number of carbonyl (C=O) groups is 1. The van der Waals surface area contributed by atoms with Gasteiger partial charge in [0.25, 0.3) is 5.56 Å². The maximum atomic E-state index is 12.9. The molecule has 1 amide bonds. The van der Waals surface area contributed by atoms with E-state index in [0.717, 1.165) is 16.7 Å². The van der Waals surface area contributed by atoms with Crippen LogP contribution in [-0.4, -0.2) is 72.5 Å². The van der Waals surface area contributed by atoms with Crippen LogP contribution >= 0.6 is 11.6 Å². The lowest BCUT2D eigenvalue weighted by atomic mass is 10.1. The van der Waals surface area contributed by atoms with Crippen LogP contribution in [-0.2, 0) is 18.4 Å². The predicted octanol–water partition coefficient (Wildman–Crippen LogP) is 2.23. The van der Waals surface area contributed by atoms with Gasteiger partial charge >= 0.3 is 0 Å². The Kier molecular flexibility index (Phi) is 6.70. The van der Waals surface area contributed by atoms with Gasteiger partial charge in [0.05, 0.1) is 17.6 Å². The molecular formula is C26H28ClN7O3. The van der Waals surface area contributed by atoms with Crippen molar-refractivity contribution in [2.75, 3.05) is 31.1 Å². The molecule has 192 valence electrons. The summed E-state index contributed by atoms with van der Waals surface area (Å²) in [6.45, 7) is 5.50. The van der Waals surface area contributed by atoms with Crippen molar-refractivity contribution in [3.05, 3.63) is 69.2 Å². The minimum Gasteiger partial charge on any atom is -0.387 e. The van der Waals surface area contributed by atoms with Gasteiger partial charge in [0, 0.05) is 55.7 Å². The Balaban J connectivity index is 1.43. The minimum atomic E-state index is -0.484. The van der Waals surface area contributed by atoms with Crippen molar-refractivity contribution in [1.29, 1.82) is 0 Å². The van der Waals surface area contributed by atoms with Gasteiger partial charge < -0.3 is 14.9 Å². The Hall–Kier alpha value is -3.76. The zero-order valence-electron chi connectivity index (χ0n) is 20.9. The molecule has 4 heterocycles. The molecular weight excluding hydrogens is 494 g/mol. The number of benzene rings is 1. The highest BCUT2D eigenvalue weighted by atomic mass is 35.5. The molecule has 0 bridgehead atoms. The van der Waals surface area contributed by atoms with Gasteiger partial charge in [-0.3, -0.25) is 19.0 Å². The lowest BCUT2D eigenvalue weighted by molar-refractivity contribution is -0.134. The molecule has 1 aliphatic heterocycles. The standard InChI is InChI=1S/C26H28ClN7O3/c1-16-4-6-21(27)18(10-16)14-34-24-20(25(37)31(34)3)5-7-22(30-24)19-11-28-26(29-12-19)33-9-8-32(13-17(33)2)23(36)15-35/h4-7,10-12,17,35H,8-9,13-15H2,1-3H3. The van der Waals surface area contributed by atoms with Crippen LogP contribution in [0.25, 0.3) is 22.3 Å². The van der Waals surface area contributed by atoms with Crippen molar-refractivity contribution in [2.45, 2.75) is 26.4 Å². The number of anilines is 1. The second-order valence-corrected chi connectivity index (χ2v) is 9.77. The smallest absolute Gasteiger partial charge is 0.275 e. The largest absolute Gasteiger partial charge is 0.387 e. The van der Waals surface area contributed by atoms with Crippen molar-refractivity contribution >= 4 is 34.5 Å². The van der Waals surface area contributed by atoms with Crippen molar-refractivity contribution < 1.29 is 9.90 Å². The quantitative estimate of drug-likeness (QED) is 0.429. The summed E-state index contributed by atoms with van der Waals surface area (Å²) in [6.07, 6.45) is 3.44. The molecule has 37 heavy (non-hydrogen) atoms. The fourth-order valence-electron chi connectivity index (χ4n) is 4.75. The van der Waals surface area contributed by atoms with E-state index in [2.05, 4.69) is 9.97 Å². The Morgan fingerprint density at radius 1 is 1.16 bits per heavy atom. The number of amides is 1. The third-order valence-electron chi connectivity index (χ3n) is 6.83. The summed E-state index contributed by atoms with van der Waals surface area (Å²) in [7, 11) is 1.72. The lowest BCUT2D eigenvalue weighted by Gasteiger charge is -2.39. The second kappa shape index (κ2) is 9.95. The van der Waals surface area contributed by atoms with E-state index in [1.54, 1.807) is 41.2 Å². The second-order valence-electron chi connectivity index (χ2n) is 9.36. The first-order valence-electron chi connectivity index (χ1n) is 12.1. The summed E-state index contributed by atoms with van der Waals surface area (Å²) in [5.41, 5.74) is 3.80. The van der Waals surface area contributed by atoms with Gasteiger partial charge in [-0.05, 0) is 37.6 Å². The van der Waals surface area contributed by atoms with E-state index in [9.17, 15) is 9.59 Å². The molecule has 1 saturated heterocycles. The van der Waals surface area contributed by atoms with Gasteiger partial charge in [-0.25, -0.2) is 15.0 Å². The van der Waals surface area contributed by atoms with Crippen LogP contribution in [0.3, 0.4) is 0 Å². The SMILES string of the molecule is Cc1ccc(Cl)c(Cn2c3nc(-c4cnc(N5CCN(C(=O)CO)CC5C)nc4)ccc3c(=O)n2C)c1. The van der Waals surface area contributed by atoms with Crippen LogP contribution in [0.5, 0.6) is 0 Å². The fraction of sp³-hybridized carbons (Fsp3) is 0.346. The fourth-order valence-corrected chi connectivity index (χ4v) is 4.93. The molecule has 1 aliphatic rings. The third kappa shape index (κ3) is 4.70. The van der Waals surface area contributed by atoms with Crippen LogP contribution in [0.4, 0.5) is 5.95 Å². The first-order valence-corrected chi connectivity index (χ1v) is 12.4. The number of hydrogen-bond acceptors (Lipinski definition) is 7. The molecule has 0 radical (unpaired) electrons. The van der Waals surface area contributed by atoms with E-state index in [0.29, 0.717) is 53.9 Å². The average Bonchev–Trinajstić information content (AvgIpc) is 3.14. The van der Waals surface area contributed by atoms with E-state index in [1.807, 2.05) is 41.6 Å². The monoisotopic (exact) mass is 521 g/mol. The summed E-state index contributed by atoms with van der Waals surface area (Å²) in [4.78, 5) is 42.3. The molecule has 1 unspecified atom stereocenters. The van der Waals surface area contributed by atoms with Crippen molar-refractivity contribution in [1.82, 2.24) is 29.2 Å². The number of aryl methyl sites for hydroxylation is 1. The van der Waals surface area contributed by atoms with Crippen LogP contribution in [0.15, 0.2) is 47.5 Å². The zero-order chi connectivity index (χ0) is 26.3. The average molecular weight is 522 g/mol.